The van der Waals surface area contributed by atoms with Gasteiger partial charge in [-0.15, -0.1) is 0 Å². The van der Waals surface area contributed by atoms with Crippen molar-refractivity contribution in [1.82, 2.24) is 0 Å². The number of ketones is 1. The van der Waals surface area contributed by atoms with Crippen molar-refractivity contribution in [1.29, 1.82) is 0 Å². The molecule has 2 aliphatic rings. The zero-order chi connectivity index (χ0) is 20.9. The number of benzene rings is 2. The lowest BCUT2D eigenvalue weighted by Gasteiger charge is -2.25. The van der Waals surface area contributed by atoms with E-state index in [1.54, 1.807) is 13.0 Å². The number of hydrogen-bond donors (Lipinski definition) is 0. The van der Waals surface area contributed by atoms with Crippen LogP contribution >= 0.6 is 0 Å². The molecule has 5 nitrogen and oxygen atoms in total. The van der Waals surface area contributed by atoms with E-state index in [1.807, 2.05) is 60.7 Å². The molecular formula is C25H23NO4. The first-order valence-electron chi connectivity index (χ1n) is 10.0. The van der Waals surface area contributed by atoms with Crippen molar-refractivity contribution in [3.05, 3.63) is 89.2 Å². The highest BCUT2D eigenvalue weighted by atomic mass is 16.5. The molecule has 2 aromatic rings. The molecule has 152 valence electrons. The quantitative estimate of drug-likeness (QED) is 0.547. The van der Waals surface area contributed by atoms with Gasteiger partial charge in [0.15, 0.2) is 11.5 Å². The normalized spacial score (nSPS) is 15.5. The van der Waals surface area contributed by atoms with Gasteiger partial charge in [0, 0.05) is 19.0 Å². The maximum Gasteiger partial charge on any atom is 0.330 e. The molecule has 1 heterocycles. The van der Waals surface area contributed by atoms with Gasteiger partial charge < -0.3 is 14.4 Å². The second-order valence-electron chi connectivity index (χ2n) is 7.13. The first-order valence-corrected chi connectivity index (χ1v) is 10.0. The number of hydrogen-bond acceptors (Lipinski definition) is 5. The lowest BCUT2D eigenvalue weighted by Crippen LogP contribution is -2.27. The van der Waals surface area contributed by atoms with Crippen molar-refractivity contribution >= 4 is 23.5 Å². The zero-order valence-corrected chi connectivity index (χ0v) is 16.8. The minimum atomic E-state index is -0.349. The lowest BCUT2D eigenvalue weighted by atomic mass is 10.0. The molecule has 0 spiro atoms. The van der Waals surface area contributed by atoms with Gasteiger partial charge in [0.2, 0.25) is 0 Å². The van der Waals surface area contributed by atoms with Crippen molar-refractivity contribution in [2.75, 3.05) is 18.1 Å². The van der Waals surface area contributed by atoms with Crippen LogP contribution < -0.4 is 9.64 Å². The Bertz CT molecular complexity index is 1050. The van der Waals surface area contributed by atoms with Crippen molar-refractivity contribution < 1.29 is 19.1 Å². The minimum absolute atomic E-state index is 0.102. The Labute approximate surface area is 175 Å². The van der Waals surface area contributed by atoms with Gasteiger partial charge in [-0.2, -0.15) is 0 Å². The third kappa shape index (κ3) is 4.35. The van der Waals surface area contributed by atoms with E-state index in [0.717, 1.165) is 22.6 Å². The lowest BCUT2D eigenvalue weighted by molar-refractivity contribution is -0.137. The Morgan fingerprint density at radius 2 is 1.97 bits per heavy atom. The Hall–Kier alpha value is -3.60. The smallest absolute Gasteiger partial charge is 0.330 e. The highest BCUT2D eigenvalue weighted by molar-refractivity contribution is 5.99. The summed E-state index contributed by atoms with van der Waals surface area (Å²) in [6.45, 7) is 3.28. The number of carbonyl (C=O) groups is 2. The summed E-state index contributed by atoms with van der Waals surface area (Å²) in [4.78, 5) is 26.1. The number of rotatable bonds is 5. The van der Waals surface area contributed by atoms with Gasteiger partial charge >= 0.3 is 5.97 Å². The fraction of sp³-hybridized carbons (Fsp3) is 0.200. The second kappa shape index (κ2) is 8.82. The molecule has 0 amide bonds. The van der Waals surface area contributed by atoms with Crippen LogP contribution in [0.4, 0.5) is 5.69 Å². The molecule has 1 aliphatic carbocycles. The Morgan fingerprint density at radius 3 is 2.77 bits per heavy atom. The average molecular weight is 401 g/mol. The van der Waals surface area contributed by atoms with Gasteiger partial charge in [0.05, 0.1) is 24.4 Å². The summed E-state index contributed by atoms with van der Waals surface area (Å²) < 4.78 is 11.0. The van der Waals surface area contributed by atoms with E-state index in [0.29, 0.717) is 37.4 Å². The Balaban J connectivity index is 1.56. The number of anilines is 1. The predicted molar refractivity (Wildman–Crippen MR) is 116 cm³/mol. The minimum Gasteiger partial charge on any atom is -0.463 e. The van der Waals surface area contributed by atoms with Gasteiger partial charge in [0.1, 0.15) is 5.76 Å². The van der Waals surface area contributed by atoms with Crippen LogP contribution in [0.5, 0.6) is 5.75 Å². The molecule has 0 fully saturated rings. The summed E-state index contributed by atoms with van der Waals surface area (Å²) in [6.07, 6.45) is 7.32. The van der Waals surface area contributed by atoms with E-state index < -0.39 is 0 Å². The van der Waals surface area contributed by atoms with Crippen LogP contribution in [0.15, 0.2) is 78.1 Å². The summed E-state index contributed by atoms with van der Waals surface area (Å²) in [6, 6.07) is 15.8. The molecule has 0 N–H and O–H groups in total. The molecule has 0 radical (unpaired) electrons. The number of Topliss-reactive ketones (excluding diaryl/α,β-unsaturated/α-hetero) is 1. The van der Waals surface area contributed by atoms with E-state index in [1.165, 1.54) is 6.08 Å². The molecular weight excluding hydrogens is 378 g/mol. The fourth-order valence-electron chi connectivity index (χ4n) is 3.55. The molecule has 1 aliphatic heterocycles. The second-order valence-corrected chi connectivity index (χ2v) is 7.13. The number of fused-ring (bicyclic) bond motifs is 1. The largest absolute Gasteiger partial charge is 0.463 e. The van der Waals surface area contributed by atoms with Gasteiger partial charge in [-0.25, -0.2) is 4.79 Å². The molecule has 0 aromatic heterocycles. The van der Waals surface area contributed by atoms with Crippen LogP contribution in [0.2, 0.25) is 0 Å². The molecule has 0 saturated carbocycles. The van der Waals surface area contributed by atoms with E-state index >= 15 is 0 Å². The van der Waals surface area contributed by atoms with Crippen molar-refractivity contribution in [3.8, 4) is 5.75 Å². The molecule has 0 atom stereocenters. The Kier molecular flexibility index (Phi) is 5.80. The monoisotopic (exact) mass is 401 g/mol. The maximum atomic E-state index is 12.5. The van der Waals surface area contributed by atoms with E-state index in [-0.39, 0.29) is 11.8 Å². The number of carbonyl (C=O) groups excluding carboxylic acids is 2. The van der Waals surface area contributed by atoms with Crippen LogP contribution in [-0.4, -0.2) is 24.9 Å². The Morgan fingerprint density at radius 1 is 1.17 bits per heavy atom. The third-order valence-corrected chi connectivity index (χ3v) is 5.03. The number of ether oxygens (including phenoxy) is 2. The van der Waals surface area contributed by atoms with Crippen LogP contribution in [0.3, 0.4) is 0 Å². The van der Waals surface area contributed by atoms with Gasteiger partial charge in [0.25, 0.3) is 0 Å². The van der Waals surface area contributed by atoms with Crippen LogP contribution in [0.1, 0.15) is 24.5 Å². The topological polar surface area (TPSA) is 55.8 Å². The summed E-state index contributed by atoms with van der Waals surface area (Å²) in [5.74, 6) is 1.14. The van der Waals surface area contributed by atoms with Crippen LogP contribution in [-0.2, 0) is 20.9 Å². The molecule has 2 aromatic carbocycles. The van der Waals surface area contributed by atoms with Crippen LogP contribution in [0.25, 0.3) is 6.08 Å². The number of nitrogens with zero attached hydrogens (tertiary/aromatic N) is 1. The number of para-hydroxylation sites is 2. The van der Waals surface area contributed by atoms with Crippen molar-refractivity contribution in [2.24, 2.45) is 0 Å². The SMILES string of the molecule is CCOC(=O)/C=C/c1ccc(CN2CC3=C(C=CCC3=O)Oc3ccccc32)cc1. The molecule has 0 unspecified atom stereocenters. The highest BCUT2D eigenvalue weighted by Gasteiger charge is 2.27. The first-order chi connectivity index (χ1) is 14.6. The molecule has 0 saturated heterocycles. The summed E-state index contributed by atoms with van der Waals surface area (Å²) in [5.41, 5.74) is 3.69. The summed E-state index contributed by atoms with van der Waals surface area (Å²) in [5, 5.41) is 0. The maximum absolute atomic E-state index is 12.5. The molecule has 5 heteroatoms. The number of allylic oxidation sites excluding steroid dienone is 2. The summed E-state index contributed by atoms with van der Waals surface area (Å²) in [7, 11) is 0. The molecule has 4 rings (SSSR count). The van der Waals surface area contributed by atoms with Gasteiger partial charge in [-0.3, -0.25) is 4.79 Å². The van der Waals surface area contributed by atoms with Gasteiger partial charge in [-0.1, -0.05) is 42.5 Å². The average Bonchev–Trinajstić information content (AvgIpc) is 2.91. The third-order valence-electron chi connectivity index (χ3n) is 5.03. The molecule has 0 bridgehead atoms. The predicted octanol–water partition coefficient (Wildman–Crippen LogP) is 4.45. The van der Waals surface area contributed by atoms with E-state index in [4.69, 9.17) is 9.47 Å². The van der Waals surface area contributed by atoms with Crippen molar-refractivity contribution in [2.45, 2.75) is 19.9 Å². The van der Waals surface area contributed by atoms with Crippen molar-refractivity contribution in [3.63, 3.8) is 0 Å². The number of esters is 1. The fourth-order valence-corrected chi connectivity index (χ4v) is 3.55. The summed E-state index contributed by atoms with van der Waals surface area (Å²) >= 11 is 0. The standard InChI is InChI=1S/C25H23NO4/c1-2-29-25(28)15-14-18-10-12-19(13-11-18)16-26-17-20-22(27)7-5-9-23(20)30-24-8-4-3-6-21(24)26/h3-6,8-15H,2,7,16-17H2,1H3/b15-14+. The zero-order valence-electron chi connectivity index (χ0n) is 16.8. The van der Waals surface area contributed by atoms with Crippen LogP contribution in [0, 0.1) is 0 Å². The first kappa shape index (κ1) is 19.7. The highest BCUT2D eigenvalue weighted by Crippen LogP contribution is 2.36. The van der Waals surface area contributed by atoms with E-state index in [2.05, 4.69) is 4.90 Å². The van der Waals surface area contributed by atoms with Gasteiger partial charge in [-0.05, 0) is 42.3 Å². The van der Waals surface area contributed by atoms with E-state index in [9.17, 15) is 9.59 Å². The molecule has 30 heavy (non-hydrogen) atoms.